The van der Waals surface area contributed by atoms with Crippen LogP contribution in [-0.2, 0) is 11.2 Å². The van der Waals surface area contributed by atoms with Crippen LogP contribution >= 0.6 is 0 Å². The molecular weight excluding hydrogens is 278 g/mol. The number of ether oxygens (including phenoxy) is 1. The normalized spacial score (nSPS) is 17.9. The lowest BCUT2D eigenvalue weighted by Crippen LogP contribution is -2.09. The molecule has 0 spiro atoms. The predicted octanol–water partition coefficient (Wildman–Crippen LogP) is 3.25. The number of aromatic nitrogens is 3. The second-order valence-corrected chi connectivity index (χ2v) is 5.46. The van der Waals surface area contributed by atoms with Crippen molar-refractivity contribution >= 4 is 0 Å². The van der Waals surface area contributed by atoms with Crippen molar-refractivity contribution in [3.05, 3.63) is 54.6 Å². The molecule has 3 aromatic rings. The molecule has 4 rings (SSSR count). The zero-order chi connectivity index (χ0) is 14.8. The summed E-state index contributed by atoms with van der Waals surface area (Å²) in [6.45, 7) is 0.839. The Balaban J connectivity index is 1.64. The maximum absolute atomic E-state index is 5.63. The molecule has 1 saturated heterocycles. The Labute approximate surface area is 128 Å². The maximum Gasteiger partial charge on any atom is 0.260 e. The van der Waals surface area contributed by atoms with Gasteiger partial charge in [0.2, 0.25) is 0 Å². The molecule has 1 aromatic carbocycles. The van der Waals surface area contributed by atoms with E-state index < -0.39 is 0 Å². The number of rotatable bonds is 4. The Bertz CT molecular complexity index is 743. The summed E-state index contributed by atoms with van der Waals surface area (Å²) < 4.78 is 13.1. The van der Waals surface area contributed by atoms with Gasteiger partial charge in [-0.15, -0.1) is 0 Å². The number of hydrogen-bond donors (Lipinski definition) is 0. The largest absolute Gasteiger partial charge is 0.378 e. The minimum absolute atomic E-state index is 0.227. The van der Waals surface area contributed by atoms with E-state index in [2.05, 4.69) is 10.1 Å². The zero-order valence-corrected chi connectivity index (χ0v) is 12.2. The molecule has 0 bridgehead atoms. The van der Waals surface area contributed by atoms with Crippen LogP contribution in [0.3, 0.4) is 0 Å². The maximum atomic E-state index is 5.63. The van der Waals surface area contributed by atoms with E-state index in [9.17, 15) is 0 Å². The van der Waals surface area contributed by atoms with Crippen LogP contribution in [0, 0.1) is 0 Å². The number of nitrogens with zero attached hydrogens (tertiary/aromatic N) is 3. The molecule has 112 valence electrons. The van der Waals surface area contributed by atoms with Crippen LogP contribution in [0.15, 0.2) is 53.3 Å². The second kappa shape index (κ2) is 5.77. The summed E-state index contributed by atoms with van der Waals surface area (Å²) in [7, 11) is 0. The fourth-order valence-corrected chi connectivity index (χ4v) is 2.83. The summed E-state index contributed by atoms with van der Waals surface area (Å²) in [5.74, 6) is 1.27. The summed E-state index contributed by atoms with van der Waals surface area (Å²) in [4.78, 5) is 4.54. The minimum atomic E-state index is 0.227. The highest BCUT2D eigenvalue weighted by atomic mass is 16.5. The van der Waals surface area contributed by atoms with Gasteiger partial charge in [0.25, 0.3) is 5.89 Å². The summed E-state index contributed by atoms with van der Waals surface area (Å²) in [5, 5.41) is 4.10. The molecule has 1 unspecified atom stereocenters. The van der Waals surface area contributed by atoms with Gasteiger partial charge in [-0.05, 0) is 37.1 Å². The third-order valence-electron chi connectivity index (χ3n) is 3.92. The van der Waals surface area contributed by atoms with Crippen molar-refractivity contribution < 1.29 is 9.26 Å². The quantitative estimate of drug-likeness (QED) is 0.741. The number of hydrogen-bond acceptors (Lipinski definition) is 4. The highest BCUT2D eigenvalue weighted by molar-refractivity contribution is 5.66. The van der Waals surface area contributed by atoms with Crippen molar-refractivity contribution in [2.75, 3.05) is 6.61 Å². The Hall–Kier alpha value is -2.40. The molecule has 2 aromatic heterocycles. The van der Waals surface area contributed by atoms with E-state index in [1.54, 1.807) is 0 Å². The van der Waals surface area contributed by atoms with Gasteiger partial charge in [0.1, 0.15) is 0 Å². The predicted molar refractivity (Wildman–Crippen MR) is 81.7 cm³/mol. The smallest absolute Gasteiger partial charge is 0.260 e. The van der Waals surface area contributed by atoms with Gasteiger partial charge in [-0.3, -0.25) is 0 Å². The van der Waals surface area contributed by atoms with Crippen molar-refractivity contribution in [2.24, 2.45) is 0 Å². The summed E-state index contributed by atoms with van der Waals surface area (Å²) in [6, 6.07) is 12.0. The van der Waals surface area contributed by atoms with Gasteiger partial charge in [0.15, 0.2) is 5.82 Å². The molecule has 5 heteroatoms. The molecule has 22 heavy (non-hydrogen) atoms. The average molecular weight is 295 g/mol. The number of para-hydroxylation sites is 1. The SMILES string of the molecule is c1ccc(-n2cccc2)c(-c2nc(CC3CCCO3)no2)c1. The fraction of sp³-hybridized carbons (Fsp3) is 0.294. The highest BCUT2D eigenvalue weighted by Gasteiger charge is 2.20. The molecule has 0 aliphatic carbocycles. The molecule has 1 fully saturated rings. The summed E-state index contributed by atoms with van der Waals surface area (Å²) >= 11 is 0. The third-order valence-corrected chi connectivity index (χ3v) is 3.92. The first-order valence-corrected chi connectivity index (χ1v) is 7.57. The monoisotopic (exact) mass is 295 g/mol. The van der Waals surface area contributed by atoms with E-state index in [1.807, 2.05) is 53.4 Å². The Morgan fingerprint density at radius 2 is 2.00 bits per heavy atom. The first kappa shape index (κ1) is 13.3. The molecule has 1 atom stereocenters. The van der Waals surface area contributed by atoms with Crippen molar-refractivity contribution in [1.82, 2.24) is 14.7 Å². The van der Waals surface area contributed by atoms with Gasteiger partial charge < -0.3 is 13.8 Å². The van der Waals surface area contributed by atoms with E-state index >= 15 is 0 Å². The molecule has 1 aliphatic heterocycles. The zero-order valence-electron chi connectivity index (χ0n) is 12.2. The van der Waals surface area contributed by atoms with Crippen LogP contribution in [0.25, 0.3) is 17.1 Å². The highest BCUT2D eigenvalue weighted by Crippen LogP contribution is 2.26. The fourth-order valence-electron chi connectivity index (χ4n) is 2.83. The van der Waals surface area contributed by atoms with Crippen LogP contribution < -0.4 is 0 Å². The van der Waals surface area contributed by atoms with Gasteiger partial charge in [-0.25, -0.2) is 0 Å². The Kier molecular flexibility index (Phi) is 3.48. The molecule has 0 saturated carbocycles. The van der Waals surface area contributed by atoms with E-state index in [0.29, 0.717) is 11.7 Å². The summed E-state index contributed by atoms with van der Waals surface area (Å²) in [5.41, 5.74) is 1.96. The molecule has 0 amide bonds. The van der Waals surface area contributed by atoms with Crippen molar-refractivity contribution in [3.8, 4) is 17.1 Å². The lowest BCUT2D eigenvalue weighted by atomic mass is 10.1. The molecular formula is C17H17N3O2. The van der Waals surface area contributed by atoms with Crippen LogP contribution in [0.4, 0.5) is 0 Å². The third kappa shape index (κ3) is 2.55. The van der Waals surface area contributed by atoms with Crippen LogP contribution in [-0.4, -0.2) is 27.4 Å². The molecule has 3 heterocycles. The molecule has 0 radical (unpaired) electrons. The van der Waals surface area contributed by atoms with Gasteiger partial charge in [-0.1, -0.05) is 17.3 Å². The van der Waals surface area contributed by atoms with Gasteiger partial charge in [-0.2, -0.15) is 4.98 Å². The van der Waals surface area contributed by atoms with E-state index in [0.717, 1.165) is 37.1 Å². The second-order valence-electron chi connectivity index (χ2n) is 5.46. The van der Waals surface area contributed by atoms with Gasteiger partial charge >= 0.3 is 0 Å². The van der Waals surface area contributed by atoms with E-state index in [4.69, 9.17) is 9.26 Å². The van der Waals surface area contributed by atoms with E-state index in [1.165, 1.54) is 0 Å². The lowest BCUT2D eigenvalue weighted by molar-refractivity contribution is 0.109. The van der Waals surface area contributed by atoms with Crippen molar-refractivity contribution in [2.45, 2.75) is 25.4 Å². The number of benzene rings is 1. The first-order chi connectivity index (χ1) is 10.9. The minimum Gasteiger partial charge on any atom is -0.378 e. The van der Waals surface area contributed by atoms with Crippen molar-refractivity contribution in [3.63, 3.8) is 0 Å². The molecule has 0 N–H and O–H groups in total. The topological polar surface area (TPSA) is 53.1 Å². The van der Waals surface area contributed by atoms with E-state index in [-0.39, 0.29) is 6.10 Å². The van der Waals surface area contributed by atoms with Crippen LogP contribution in [0.2, 0.25) is 0 Å². The van der Waals surface area contributed by atoms with Crippen LogP contribution in [0.5, 0.6) is 0 Å². The lowest BCUT2D eigenvalue weighted by Gasteiger charge is -2.07. The average Bonchev–Trinajstić information content (AvgIpc) is 3.31. The van der Waals surface area contributed by atoms with Crippen LogP contribution in [0.1, 0.15) is 18.7 Å². The van der Waals surface area contributed by atoms with Gasteiger partial charge in [0, 0.05) is 25.4 Å². The van der Waals surface area contributed by atoms with Gasteiger partial charge in [0.05, 0.1) is 17.4 Å². The standard InChI is InChI=1S/C17H17N3O2/c1-2-8-15(20-9-3-4-10-20)14(7-1)17-18-16(19-22-17)12-13-6-5-11-21-13/h1-4,7-10,13H,5-6,11-12H2. The summed E-state index contributed by atoms with van der Waals surface area (Å²) in [6.07, 6.45) is 7.14. The molecule has 5 nitrogen and oxygen atoms in total. The van der Waals surface area contributed by atoms with Crippen molar-refractivity contribution in [1.29, 1.82) is 0 Å². The molecule has 1 aliphatic rings. The first-order valence-electron chi connectivity index (χ1n) is 7.57. The Morgan fingerprint density at radius 3 is 2.82 bits per heavy atom. The Morgan fingerprint density at radius 1 is 1.14 bits per heavy atom.